The Morgan fingerprint density at radius 2 is 1.97 bits per heavy atom. The minimum absolute atomic E-state index is 0.0131. The smallest absolute Gasteiger partial charge is 0.328 e. The predicted octanol–water partition coefficient (Wildman–Crippen LogP) is 5.47. The summed E-state index contributed by atoms with van der Waals surface area (Å²) in [6, 6.07) is 2.02. The number of aliphatic hydroxyl groups excluding tert-OH is 1. The summed E-state index contributed by atoms with van der Waals surface area (Å²) in [5.74, 6) is 0.200. The fourth-order valence-electron chi connectivity index (χ4n) is 6.48. The number of hydrogen-bond acceptors (Lipinski definition) is 4. The number of urea groups is 1. The first-order chi connectivity index (χ1) is 17.7. The fraction of sp³-hybridized carbons (Fsp3) is 0.500. The van der Waals surface area contributed by atoms with E-state index in [2.05, 4.69) is 16.8 Å². The summed E-state index contributed by atoms with van der Waals surface area (Å²) in [5, 5.41) is 11.1. The Kier molecular flexibility index (Phi) is 5.88. The van der Waals surface area contributed by atoms with Gasteiger partial charge in [-0.3, -0.25) is 14.6 Å². The summed E-state index contributed by atoms with van der Waals surface area (Å²) in [4.78, 5) is 36.6. The second kappa shape index (κ2) is 8.88. The number of carbonyl (C=O) groups is 2. The van der Waals surface area contributed by atoms with E-state index in [1.807, 2.05) is 13.0 Å². The highest BCUT2D eigenvalue weighted by atomic mass is 35.5. The van der Waals surface area contributed by atoms with Gasteiger partial charge in [-0.25, -0.2) is 9.18 Å². The number of aliphatic hydroxyl groups is 1. The summed E-state index contributed by atoms with van der Waals surface area (Å²) in [6.07, 6.45) is 7.42. The van der Waals surface area contributed by atoms with Crippen molar-refractivity contribution < 1.29 is 19.1 Å². The Morgan fingerprint density at radius 3 is 2.70 bits per heavy atom. The topological polar surface area (TPSA) is 79.9 Å². The van der Waals surface area contributed by atoms with E-state index >= 15 is 0 Å². The van der Waals surface area contributed by atoms with E-state index in [-0.39, 0.29) is 22.7 Å². The SMILES string of the molecule is CC1CCN(CCN2C(=O)N3[C@H](C4=CCCC(O)=C4)c4[nH]c5cc(F)c(Cl)cc5c4C[C@@]3(C)C2=O)CC1. The van der Waals surface area contributed by atoms with Gasteiger partial charge in [0.1, 0.15) is 17.4 Å². The van der Waals surface area contributed by atoms with Crippen molar-refractivity contribution in [1.29, 1.82) is 0 Å². The van der Waals surface area contributed by atoms with Crippen molar-refractivity contribution >= 4 is 34.4 Å². The standard InChI is InChI=1S/C28H32ClFN4O3/c1-16-6-8-32(9-7-16)10-11-33-26(36)28(2)15-20-19-13-21(29)22(30)14-23(19)31-24(20)25(34(28)27(33)37)17-4-3-5-18(35)12-17/h4,12-14,16,25,31,35H,3,5-11,15H2,1-2H3/t25-,28+/m1/s1. The molecule has 2 saturated heterocycles. The number of rotatable bonds is 4. The largest absolute Gasteiger partial charge is 0.512 e. The number of halogens is 2. The molecule has 196 valence electrons. The molecule has 0 unspecified atom stereocenters. The van der Waals surface area contributed by atoms with E-state index in [4.69, 9.17) is 11.6 Å². The van der Waals surface area contributed by atoms with Crippen LogP contribution in [-0.4, -0.2) is 68.4 Å². The van der Waals surface area contributed by atoms with Crippen LogP contribution >= 0.6 is 11.6 Å². The molecule has 2 aromatic rings. The minimum atomic E-state index is -1.11. The van der Waals surface area contributed by atoms with Crippen molar-refractivity contribution in [3.63, 3.8) is 0 Å². The molecule has 2 atom stereocenters. The first-order valence-electron chi connectivity index (χ1n) is 13.1. The zero-order valence-corrected chi connectivity index (χ0v) is 21.9. The predicted molar refractivity (Wildman–Crippen MR) is 140 cm³/mol. The van der Waals surface area contributed by atoms with Gasteiger partial charge in [0.25, 0.3) is 5.91 Å². The third kappa shape index (κ3) is 3.87. The molecule has 1 aromatic heterocycles. The number of nitrogens with one attached hydrogen (secondary N) is 1. The van der Waals surface area contributed by atoms with Gasteiger partial charge >= 0.3 is 6.03 Å². The molecule has 9 heteroatoms. The zero-order chi connectivity index (χ0) is 26.1. The molecule has 0 bridgehead atoms. The number of aromatic amines is 1. The molecule has 2 N–H and O–H groups in total. The Bertz CT molecular complexity index is 1360. The molecular weight excluding hydrogens is 495 g/mol. The number of benzene rings is 1. The molecule has 4 aliphatic rings. The van der Waals surface area contributed by atoms with Crippen LogP contribution in [-0.2, 0) is 11.2 Å². The third-order valence-corrected chi connectivity index (χ3v) is 8.94. The Labute approximate surface area is 220 Å². The highest BCUT2D eigenvalue weighted by molar-refractivity contribution is 6.31. The van der Waals surface area contributed by atoms with Crippen LogP contribution in [0.5, 0.6) is 0 Å². The number of carbonyl (C=O) groups excluding carboxylic acids is 2. The van der Waals surface area contributed by atoms with Crippen molar-refractivity contribution in [2.24, 2.45) is 5.92 Å². The Balaban J connectivity index is 1.41. The highest BCUT2D eigenvalue weighted by Crippen LogP contribution is 2.50. The van der Waals surface area contributed by atoms with Crippen LogP contribution in [0.4, 0.5) is 9.18 Å². The van der Waals surface area contributed by atoms with Crippen LogP contribution in [0, 0.1) is 11.7 Å². The van der Waals surface area contributed by atoms with Crippen molar-refractivity contribution in [3.05, 3.63) is 57.7 Å². The van der Waals surface area contributed by atoms with Gasteiger partial charge < -0.3 is 15.0 Å². The van der Waals surface area contributed by atoms with Crippen LogP contribution in [0.25, 0.3) is 10.9 Å². The van der Waals surface area contributed by atoms with Gasteiger partial charge in [-0.1, -0.05) is 24.6 Å². The molecule has 3 amide bonds. The number of imide groups is 1. The highest BCUT2D eigenvalue weighted by Gasteiger charge is 2.60. The van der Waals surface area contributed by atoms with Gasteiger partial charge in [0.15, 0.2) is 0 Å². The van der Waals surface area contributed by atoms with Crippen LogP contribution in [0.3, 0.4) is 0 Å². The molecule has 0 spiro atoms. The number of hydrogen-bond donors (Lipinski definition) is 2. The van der Waals surface area contributed by atoms with Crippen LogP contribution in [0.15, 0.2) is 35.6 Å². The second-order valence-electron chi connectivity index (χ2n) is 11.2. The van der Waals surface area contributed by atoms with Gasteiger partial charge in [-0.2, -0.15) is 0 Å². The van der Waals surface area contributed by atoms with E-state index in [9.17, 15) is 19.1 Å². The maximum absolute atomic E-state index is 14.3. The molecule has 0 saturated carbocycles. The molecular formula is C28H32ClFN4O3. The molecule has 6 rings (SSSR count). The minimum Gasteiger partial charge on any atom is -0.512 e. The number of amides is 3. The summed E-state index contributed by atoms with van der Waals surface area (Å²) in [7, 11) is 0. The Hall–Kier alpha value is -2.84. The average molecular weight is 527 g/mol. The third-order valence-electron chi connectivity index (χ3n) is 8.65. The molecule has 37 heavy (non-hydrogen) atoms. The lowest BCUT2D eigenvalue weighted by atomic mass is 9.80. The van der Waals surface area contributed by atoms with E-state index in [0.29, 0.717) is 43.8 Å². The quantitative estimate of drug-likeness (QED) is 0.517. The van der Waals surface area contributed by atoms with Crippen LogP contribution in [0.2, 0.25) is 5.02 Å². The fourth-order valence-corrected chi connectivity index (χ4v) is 6.65. The van der Waals surface area contributed by atoms with Gasteiger partial charge in [0.05, 0.1) is 10.8 Å². The maximum atomic E-state index is 14.3. The Morgan fingerprint density at radius 1 is 1.22 bits per heavy atom. The van der Waals surface area contributed by atoms with E-state index < -0.39 is 17.4 Å². The van der Waals surface area contributed by atoms with E-state index in [0.717, 1.165) is 48.1 Å². The number of likely N-dealkylation sites (tertiary alicyclic amines) is 1. The van der Waals surface area contributed by atoms with Crippen LogP contribution in [0.1, 0.15) is 56.8 Å². The molecule has 3 aliphatic heterocycles. The maximum Gasteiger partial charge on any atom is 0.328 e. The number of nitrogens with zero attached hydrogens (tertiary/aromatic N) is 3. The second-order valence-corrected chi connectivity index (χ2v) is 11.6. The molecule has 2 fully saturated rings. The average Bonchev–Trinajstić information content (AvgIpc) is 3.29. The van der Waals surface area contributed by atoms with E-state index in [1.54, 1.807) is 17.0 Å². The first-order valence-corrected chi connectivity index (χ1v) is 13.5. The van der Waals surface area contributed by atoms with Crippen LogP contribution < -0.4 is 0 Å². The van der Waals surface area contributed by atoms with Crippen molar-refractivity contribution in [1.82, 2.24) is 19.7 Å². The lowest BCUT2D eigenvalue weighted by molar-refractivity contribution is -0.133. The lowest BCUT2D eigenvalue weighted by Crippen LogP contribution is -2.53. The number of fused-ring (bicyclic) bond motifs is 4. The summed E-state index contributed by atoms with van der Waals surface area (Å²) < 4.78 is 14.3. The number of aromatic nitrogens is 1. The number of piperidine rings is 1. The first kappa shape index (κ1) is 24.5. The number of H-pyrrole nitrogens is 1. The van der Waals surface area contributed by atoms with Gasteiger partial charge in [0, 0.05) is 42.5 Å². The normalized spacial score (nSPS) is 27.0. The zero-order valence-electron chi connectivity index (χ0n) is 21.2. The monoisotopic (exact) mass is 526 g/mol. The van der Waals surface area contributed by atoms with Gasteiger partial charge in [-0.15, -0.1) is 0 Å². The summed E-state index contributed by atoms with van der Waals surface area (Å²) in [6.45, 7) is 7.04. The molecule has 0 radical (unpaired) electrons. The summed E-state index contributed by atoms with van der Waals surface area (Å²) >= 11 is 6.15. The lowest BCUT2D eigenvalue weighted by Gasteiger charge is -2.43. The van der Waals surface area contributed by atoms with Gasteiger partial charge in [0.2, 0.25) is 0 Å². The van der Waals surface area contributed by atoms with Crippen molar-refractivity contribution in [3.8, 4) is 0 Å². The van der Waals surface area contributed by atoms with Gasteiger partial charge in [-0.05, 0) is 74.5 Å². The van der Waals surface area contributed by atoms with Crippen molar-refractivity contribution in [2.75, 3.05) is 26.2 Å². The molecule has 1 aromatic carbocycles. The molecule has 7 nitrogen and oxygen atoms in total. The van der Waals surface area contributed by atoms with Crippen molar-refractivity contribution in [2.45, 2.75) is 57.5 Å². The molecule has 4 heterocycles. The summed E-state index contributed by atoms with van der Waals surface area (Å²) in [5.41, 5.74) is 1.81. The van der Waals surface area contributed by atoms with E-state index in [1.165, 1.54) is 11.0 Å². The number of allylic oxidation sites excluding steroid dienone is 2. The molecule has 1 aliphatic carbocycles.